The quantitative estimate of drug-likeness (QED) is 0.691. The Hall–Kier alpha value is -2.58. The van der Waals surface area contributed by atoms with Gasteiger partial charge in [-0.15, -0.1) is 0 Å². The van der Waals surface area contributed by atoms with Crippen molar-refractivity contribution in [2.24, 2.45) is 0 Å². The minimum atomic E-state index is -3.31. The molecular formula is C20H23N3O4S. The number of sulfonamides is 1. The topological polar surface area (TPSA) is 96.5 Å². The molecule has 0 spiro atoms. The monoisotopic (exact) mass is 401 g/mol. The van der Waals surface area contributed by atoms with E-state index in [0.29, 0.717) is 34.8 Å². The number of hydrogen-bond acceptors (Lipinski definition) is 5. The minimum absolute atomic E-state index is 0.0675. The summed E-state index contributed by atoms with van der Waals surface area (Å²) >= 11 is 0. The molecule has 0 radical (unpaired) electrons. The van der Waals surface area contributed by atoms with Gasteiger partial charge in [0.2, 0.25) is 10.0 Å². The van der Waals surface area contributed by atoms with Crippen molar-refractivity contribution in [2.75, 3.05) is 11.0 Å². The standard InChI is InChI=1S/C20H23N3O4S/c1-28(25,26)23-14-4-9-17(10-5-14)27-16-7-2-13(3-8-16)20(24)22-19-12-15-6-11-18(19)21-15/h2-5,7-10,15,18-19,21,23H,6,11-12H2,1H3,(H,22,24)/t15-,18+,19-/m1/s1. The number of anilines is 1. The summed E-state index contributed by atoms with van der Waals surface area (Å²) in [6.45, 7) is 0. The first-order chi connectivity index (χ1) is 13.4. The summed E-state index contributed by atoms with van der Waals surface area (Å²) in [6.07, 6.45) is 4.43. The van der Waals surface area contributed by atoms with Gasteiger partial charge in [0.05, 0.1) is 6.26 Å². The summed E-state index contributed by atoms with van der Waals surface area (Å²) in [5.41, 5.74) is 1.07. The second-order valence-corrected chi connectivity index (χ2v) is 9.14. The molecule has 0 saturated carbocycles. The Balaban J connectivity index is 1.34. The molecule has 8 heteroatoms. The van der Waals surface area contributed by atoms with E-state index in [9.17, 15) is 13.2 Å². The van der Waals surface area contributed by atoms with E-state index >= 15 is 0 Å². The lowest BCUT2D eigenvalue weighted by atomic mass is 9.95. The number of nitrogens with one attached hydrogen (secondary N) is 3. The van der Waals surface area contributed by atoms with Crippen molar-refractivity contribution in [1.29, 1.82) is 0 Å². The van der Waals surface area contributed by atoms with E-state index in [2.05, 4.69) is 15.4 Å². The smallest absolute Gasteiger partial charge is 0.251 e. The highest BCUT2D eigenvalue weighted by Crippen LogP contribution is 2.28. The van der Waals surface area contributed by atoms with Crippen LogP contribution in [0.2, 0.25) is 0 Å². The van der Waals surface area contributed by atoms with Gasteiger partial charge in [-0.25, -0.2) is 8.42 Å². The fourth-order valence-electron chi connectivity index (χ4n) is 3.85. The molecule has 0 aromatic heterocycles. The number of ether oxygens (including phenoxy) is 1. The number of hydrogen-bond donors (Lipinski definition) is 3. The SMILES string of the molecule is CS(=O)(=O)Nc1ccc(Oc2ccc(C(=O)N[C@@H]3C[C@H]4CC[C@@H]3N4)cc2)cc1. The summed E-state index contributed by atoms with van der Waals surface area (Å²) in [6, 6.07) is 14.7. The summed E-state index contributed by atoms with van der Waals surface area (Å²) in [7, 11) is -3.31. The largest absolute Gasteiger partial charge is 0.457 e. The first-order valence-electron chi connectivity index (χ1n) is 9.28. The lowest BCUT2D eigenvalue weighted by Gasteiger charge is -2.21. The predicted molar refractivity (Wildman–Crippen MR) is 107 cm³/mol. The van der Waals surface area contributed by atoms with Crippen LogP contribution in [0.1, 0.15) is 29.6 Å². The molecule has 0 unspecified atom stereocenters. The van der Waals surface area contributed by atoms with Gasteiger partial charge >= 0.3 is 0 Å². The zero-order valence-electron chi connectivity index (χ0n) is 15.5. The molecule has 2 saturated heterocycles. The molecule has 28 heavy (non-hydrogen) atoms. The fourth-order valence-corrected chi connectivity index (χ4v) is 4.42. The zero-order chi connectivity index (χ0) is 19.7. The van der Waals surface area contributed by atoms with Crippen LogP contribution in [-0.4, -0.2) is 38.7 Å². The lowest BCUT2D eigenvalue weighted by Crippen LogP contribution is -2.42. The van der Waals surface area contributed by atoms with Crippen LogP contribution in [0.5, 0.6) is 11.5 Å². The average Bonchev–Trinajstić information content (AvgIpc) is 3.26. The maximum Gasteiger partial charge on any atom is 0.251 e. The van der Waals surface area contributed by atoms with Gasteiger partial charge in [0, 0.05) is 29.4 Å². The van der Waals surface area contributed by atoms with E-state index in [1.54, 1.807) is 48.5 Å². The number of amides is 1. The van der Waals surface area contributed by atoms with E-state index in [1.807, 2.05) is 0 Å². The van der Waals surface area contributed by atoms with Crippen molar-refractivity contribution >= 4 is 21.6 Å². The third-order valence-electron chi connectivity index (χ3n) is 5.13. The molecule has 2 fully saturated rings. The van der Waals surface area contributed by atoms with Crippen molar-refractivity contribution in [1.82, 2.24) is 10.6 Å². The fraction of sp³-hybridized carbons (Fsp3) is 0.350. The Morgan fingerprint density at radius 1 is 1.04 bits per heavy atom. The van der Waals surface area contributed by atoms with Crippen LogP contribution in [0.4, 0.5) is 5.69 Å². The molecule has 2 heterocycles. The Bertz CT molecular complexity index is 958. The summed E-state index contributed by atoms with van der Waals surface area (Å²) in [4.78, 5) is 12.5. The lowest BCUT2D eigenvalue weighted by molar-refractivity contribution is 0.0931. The molecule has 0 aliphatic carbocycles. The summed E-state index contributed by atoms with van der Waals surface area (Å²) in [5.74, 6) is 1.10. The van der Waals surface area contributed by atoms with Crippen molar-refractivity contribution in [3.63, 3.8) is 0 Å². The Morgan fingerprint density at radius 3 is 2.21 bits per heavy atom. The molecule has 1 amide bonds. The normalized spacial score (nSPS) is 23.4. The second kappa shape index (κ2) is 7.44. The van der Waals surface area contributed by atoms with E-state index in [0.717, 1.165) is 19.1 Å². The van der Waals surface area contributed by atoms with Gasteiger partial charge in [0.15, 0.2) is 0 Å². The van der Waals surface area contributed by atoms with Gasteiger partial charge in [-0.3, -0.25) is 9.52 Å². The molecule has 7 nitrogen and oxygen atoms in total. The van der Waals surface area contributed by atoms with E-state index in [4.69, 9.17) is 4.74 Å². The molecule has 2 aliphatic rings. The van der Waals surface area contributed by atoms with Crippen LogP contribution in [0, 0.1) is 0 Å². The maximum atomic E-state index is 12.5. The maximum absolute atomic E-state index is 12.5. The Labute approximate surface area is 164 Å². The molecule has 148 valence electrons. The highest BCUT2D eigenvalue weighted by Gasteiger charge is 2.39. The number of benzene rings is 2. The van der Waals surface area contributed by atoms with Gasteiger partial charge in [0.1, 0.15) is 11.5 Å². The van der Waals surface area contributed by atoms with Crippen molar-refractivity contribution in [3.8, 4) is 11.5 Å². The van der Waals surface area contributed by atoms with Crippen LogP contribution in [-0.2, 0) is 10.0 Å². The number of fused-ring (bicyclic) bond motifs is 2. The number of rotatable bonds is 6. The van der Waals surface area contributed by atoms with Gasteiger partial charge in [-0.2, -0.15) is 0 Å². The van der Waals surface area contributed by atoms with Crippen molar-refractivity contribution in [3.05, 3.63) is 54.1 Å². The molecular weight excluding hydrogens is 378 g/mol. The molecule has 3 N–H and O–H groups in total. The van der Waals surface area contributed by atoms with Crippen LogP contribution < -0.4 is 20.1 Å². The third kappa shape index (κ3) is 4.45. The average molecular weight is 401 g/mol. The van der Waals surface area contributed by atoms with E-state index in [-0.39, 0.29) is 11.9 Å². The number of carbonyl (C=O) groups excluding carboxylic acids is 1. The van der Waals surface area contributed by atoms with Crippen LogP contribution >= 0.6 is 0 Å². The van der Waals surface area contributed by atoms with Gasteiger partial charge in [-0.05, 0) is 67.8 Å². The molecule has 3 atom stereocenters. The second-order valence-electron chi connectivity index (χ2n) is 7.39. The molecule has 2 aromatic carbocycles. The Morgan fingerprint density at radius 2 is 1.68 bits per heavy atom. The first-order valence-corrected chi connectivity index (χ1v) is 11.2. The van der Waals surface area contributed by atoms with E-state index < -0.39 is 10.0 Å². The highest BCUT2D eigenvalue weighted by molar-refractivity contribution is 7.92. The minimum Gasteiger partial charge on any atom is -0.457 e. The van der Waals surface area contributed by atoms with Gasteiger partial charge < -0.3 is 15.4 Å². The predicted octanol–water partition coefficient (Wildman–Crippen LogP) is 2.47. The molecule has 2 bridgehead atoms. The van der Waals surface area contributed by atoms with Gasteiger partial charge in [0.25, 0.3) is 5.91 Å². The summed E-state index contributed by atoms with van der Waals surface area (Å²) in [5, 5.41) is 6.64. The molecule has 4 rings (SSSR count). The summed E-state index contributed by atoms with van der Waals surface area (Å²) < 4.78 is 30.6. The molecule has 2 aromatic rings. The third-order valence-corrected chi connectivity index (χ3v) is 5.73. The highest BCUT2D eigenvalue weighted by atomic mass is 32.2. The van der Waals surface area contributed by atoms with Gasteiger partial charge in [-0.1, -0.05) is 0 Å². The van der Waals surface area contributed by atoms with Crippen LogP contribution in [0.25, 0.3) is 0 Å². The van der Waals surface area contributed by atoms with E-state index in [1.165, 1.54) is 6.42 Å². The van der Waals surface area contributed by atoms with Crippen molar-refractivity contribution in [2.45, 2.75) is 37.4 Å². The Kier molecular flexibility index (Phi) is 4.99. The van der Waals surface area contributed by atoms with Crippen molar-refractivity contribution < 1.29 is 17.9 Å². The first kappa shape index (κ1) is 18.8. The molecule has 2 aliphatic heterocycles. The van der Waals surface area contributed by atoms with Crippen LogP contribution in [0.15, 0.2) is 48.5 Å². The number of carbonyl (C=O) groups is 1. The zero-order valence-corrected chi connectivity index (χ0v) is 16.3. The van der Waals surface area contributed by atoms with Crippen LogP contribution in [0.3, 0.4) is 0 Å².